The standard InChI is InChI=1S/C24H34FNO5.ClH/c1-29-22(27)14-10-5-3-2-4-6-11-15-30-19-24(25)16-21(26-18-24)23(28)31-17-20-12-8-7-9-13-20;/h6-9,11-13,21,26H,2-5,10,14-19H2,1H3;1H/b11-6+;/t21-,24+;/m0./s1. The first-order chi connectivity index (χ1) is 15.0. The van der Waals surface area contributed by atoms with Crippen LogP contribution in [-0.4, -0.2) is 50.5 Å². The molecule has 1 N–H and O–H groups in total. The maximum atomic E-state index is 14.9. The number of hydrogen-bond donors (Lipinski definition) is 1. The van der Waals surface area contributed by atoms with Crippen LogP contribution in [-0.2, 0) is 30.4 Å². The zero-order valence-corrected chi connectivity index (χ0v) is 19.5. The highest BCUT2D eigenvalue weighted by atomic mass is 35.5. The number of methoxy groups -OCH3 is 1. The van der Waals surface area contributed by atoms with E-state index in [0.29, 0.717) is 13.0 Å². The second-order valence-corrected chi connectivity index (χ2v) is 7.90. The quantitative estimate of drug-likeness (QED) is 0.247. The monoisotopic (exact) mass is 471 g/mol. The van der Waals surface area contributed by atoms with Gasteiger partial charge in [0.05, 0.1) is 20.3 Å². The van der Waals surface area contributed by atoms with Gasteiger partial charge in [-0.3, -0.25) is 9.59 Å². The van der Waals surface area contributed by atoms with Crippen LogP contribution < -0.4 is 5.32 Å². The van der Waals surface area contributed by atoms with E-state index < -0.39 is 17.7 Å². The first kappa shape index (κ1) is 28.1. The fraction of sp³-hybridized carbons (Fsp3) is 0.583. The Morgan fingerprint density at radius 3 is 2.66 bits per heavy atom. The molecule has 6 nitrogen and oxygen atoms in total. The van der Waals surface area contributed by atoms with Crippen molar-refractivity contribution in [2.45, 2.75) is 63.3 Å². The Bertz CT molecular complexity index is 703. The van der Waals surface area contributed by atoms with Gasteiger partial charge in [-0.2, -0.15) is 0 Å². The van der Waals surface area contributed by atoms with E-state index in [1.165, 1.54) is 7.11 Å². The van der Waals surface area contributed by atoms with E-state index in [1.54, 1.807) is 0 Å². The minimum absolute atomic E-state index is 0. The van der Waals surface area contributed by atoms with E-state index >= 15 is 0 Å². The van der Waals surface area contributed by atoms with Crippen LogP contribution >= 0.6 is 12.4 Å². The molecule has 1 aliphatic rings. The molecule has 32 heavy (non-hydrogen) atoms. The lowest BCUT2D eigenvalue weighted by Gasteiger charge is -2.17. The number of carbonyl (C=O) groups excluding carboxylic acids is 2. The molecule has 1 heterocycles. The molecule has 1 aromatic carbocycles. The fourth-order valence-corrected chi connectivity index (χ4v) is 3.41. The number of nitrogens with one attached hydrogen (secondary N) is 1. The molecule has 2 rings (SSSR count). The van der Waals surface area contributed by atoms with Crippen molar-refractivity contribution in [1.82, 2.24) is 5.32 Å². The lowest BCUT2D eigenvalue weighted by Crippen LogP contribution is -2.32. The largest absolute Gasteiger partial charge is 0.469 e. The van der Waals surface area contributed by atoms with Crippen molar-refractivity contribution in [2.24, 2.45) is 0 Å². The second kappa shape index (κ2) is 15.8. The molecule has 2 atom stereocenters. The SMILES string of the molecule is COC(=O)CCCCCC/C=C/COC[C@]1(F)CN[C@H](C(=O)OCc2ccccc2)C1.Cl. The highest BCUT2D eigenvalue weighted by molar-refractivity contribution is 5.85. The third kappa shape index (κ3) is 11.1. The molecular weight excluding hydrogens is 437 g/mol. The molecule has 1 saturated heterocycles. The van der Waals surface area contributed by atoms with Crippen LogP contribution in [0.15, 0.2) is 42.5 Å². The van der Waals surface area contributed by atoms with Crippen LogP contribution in [0.25, 0.3) is 0 Å². The average molecular weight is 472 g/mol. The first-order valence-corrected chi connectivity index (χ1v) is 10.9. The van der Waals surface area contributed by atoms with Crippen LogP contribution in [0.5, 0.6) is 0 Å². The number of hydrogen-bond acceptors (Lipinski definition) is 6. The lowest BCUT2D eigenvalue weighted by molar-refractivity contribution is -0.147. The molecule has 0 bridgehead atoms. The number of alkyl halides is 1. The van der Waals surface area contributed by atoms with Crippen LogP contribution in [0.3, 0.4) is 0 Å². The normalized spacial score (nSPS) is 20.1. The molecular formula is C24H35ClFNO5. The van der Waals surface area contributed by atoms with Gasteiger partial charge in [-0.25, -0.2) is 4.39 Å². The number of unbranched alkanes of at least 4 members (excludes halogenated alkanes) is 4. The molecule has 1 aromatic rings. The maximum Gasteiger partial charge on any atom is 0.323 e. The third-order valence-corrected chi connectivity index (χ3v) is 5.21. The van der Waals surface area contributed by atoms with Gasteiger partial charge in [-0.15, -0.1) is 12.4 Å². The van der Waals surface area contributed by atoms with Crippen molar-refractivity contribution >= 4 is 24.3 Å². The Kier molecular flexibility index (Phi) is 13.8. The first-order valence-electron chi connectivity index (χ1n) is 10.9. The molecule has 0 aliphatic carbocycles. The fourth-order valence-electron chi connectivity index (χ4n) is 3.41. The zero-order chi connectivity index (χ0) is 22.4. The minimum atomic E-state index is -1.57. The van der Waals surface area contributed by atoms with E-state index in [2.05, 4.69) is 10.1 Å². The summed E-state index contributed by atoms with van der Waals surface area (Å²) in [6, 6.07) is 8.76. The topological polar surface area (TPSA) is 73.9 Å². The Balaban J connectivity index is 0.00000512. The molecule has 0 amide bonds. The van der Waals surface area contributed by atoms with Crippen LogP contribution in [0, 0.1) is 0 Å². The van der Waals surface area contributed by atoms with Crippen molar-refractivity contribution in [3.63, 3.8) is 0 Å². The van der Waals surface area contributed by atoms with Crippen molar-refractivity contribution in [1.29, 1.82) is 0 Å². The number of allylic oxidation sites excluding steroid dienone is 1. The summed E-state index contributed by atoms with van der Waals surface area (Å²) >= 11 is 0. The van der Waals surface area contributed by atoms with Gasteiger partial charge in [-0.05, 0) is 24.8 Å². The van der Waals surface area contributed by atoms with E-state index in [4.69, 9.17) is 9.47 Å². The van der Waals surface area contributed by atoms with Gasteiger partial charge in [-0.1, -0.05) is 55.3 Å². The summed E-state index contributed by atoms with van der Waals surface area (Å²) in [6.45, 7) is 0.550. The predicted octanol–water partition coefficient (Wildman–Crippen LogP) is 4.31. The summed E-state index contributed by atoms with van der Waals surface area (Å²) in [5.41, 5.74) is -0.666. The number of rotatable bonds is 14. The molecule has 1 aliphatic heterocycles. The third-order valence-electron chi connectivity index (χ3n) is 5.21. The van der Waals surface area contributed by atoms with Crippen molar-refractivity contribution in [3.8, 4) is 0 Å². The summed E-state index contributed by atoms with van der Waals surface area (Å²) in [5.74, 6) is -0.592. The summed E-state index contributed by atoms with van der Waals surface area (Å²) in [6.07, 6.45) is 9.34. The van der Waals surface area contributed by atoms with Gasteiger partial charge in [0.1, 0.15) is 18.3 Å². The highest BCUT2D eigenvalue weighted by Gasteiger charge is 2.43. The van der Waals surface area contributed by atoms with Gasteiger partial charge < -0.3 is 19.5 Å². The average Bonchev–Trinajstić information content (AvgIpc) is 3.18. The molecule has 0 spiro atoms. The van der Waals surface area contributed by atoms with E-state index in [9.17, 15) is 14.0 Å². The van der Waals surface area contributed by atoms with Gasteiger partial charge in [0.25, 0.3) is 0 Å². The molecule has 1 fully saturated rings. The molecule has 8 heteroatoms. The van der Waals surface area contributed by atoms with Gasteiger partial charge in [0.2, 0.25) is 0 Å². The van der Waals surface area contributed by atoms with Gasteiger partial charge >= 0.3 is 11.9 Å². The molecule has 180 valence electrons. The van der Waals surface area contributed by atoms with Crippen LogP contribution in [0.2, 0.25) is 0 Å². The van der Waals surface area contributed by atoms with Crippen molar-refractivity contribution < 1.29 is 28.2 Å². The summed E-state index contributed by atoms with van der Waals surface area (Å²) in [7, 11) is 1.41. The number of benzene rings is 1. The maximum absolute atomic E-state index is 14.9. The number of halogens is 2. The van der Waals surface area contributed by atoms with E-state index in [-0.39, 0.29) is 44.6 Å². The number of esters is 2. The summed E-state index contributed by atoms with van der Waals surface area (Å²) in [4.78, 5) is 23.2. The molecule has 0 radical (unpaired) electrons. The molecule has 0 aromatic heterocycles. The van der Waals surface area contributed by atoms with E-state index in [1.807, 2.05) is 42.5 Å². The number of ether oxygens (including phenoxy) is 3. The van der Waals surface area contributed by atoms with Crippen LogP contribution in [0.1, 0.15) is 50.5 Å². The Hall–Kier alpha value is -1.96. The number of carbonyl (C=O) groups is 2. The second-order valence-electron chi connectivity index (χ2n) is 7.90. The smallest absolute Gasteiger partial charge is 0.323 e. The predicted molar refractivity (Wildman–Crippen MR) is 123 cm³/mol. The Morgan fingerprint density at radius 1 is 1.16 bits per heavy atom. The molecule has 0 unspecified atom stereocenters. The lowest BCUT2D eigenvalue weighted by atomic mass is 10.0. The van der Waals surface area contributed by atoms with E-state index in [0.717, 1.165) is 37.7 Å². The van der Waals surface area contributed by atoms with Crippen molar-refractivity contribution in [2.75, 3.05) is 26.9 Å². The van der Waals surface area contributed by atoms with Crippen molar-refractivity contribution in [3.05, 3.63) is 48.0 Å². The zero-order valence-electron chi connectivity index (χ0n) is 18.7. The van der Waals surface area contributed by atoms with Gasteiger partial charge in [0.15, 0.2) is 0 Å². The van der Waals surface area contributed by atoms with Crippen LogP contribution in [0.4, 0.5) is 4.39 Å². The van der Waals surface area contributed by atoms with Gasteiger partial charge in [0, 0.05) is 19.4 Å². The summed E-state index contributed by atoms with van der Waals surface area (Å²) in [5, 5.41) is 2.90. The highest BCUT2D eigenvalue weighted by Crippen LogP contribution is 2.25. The summed E-state index contributed by atoms with van der Waals surface area (Å²) < 4.78 is 30.2. The minimum Gasteiger partial charge on any atom is -0.469 e. The Labute approximate surface area is 196 Å². The molecule has 0 saturated carbocycles. The Morgan fingerprint density at radius 2 is 1.91 bits per heavy atom.